The highest BCUT2D eigenvalue weighted by molar-refractivity contribution is 6.31. The molecule has 1 amide bonds. The Morgan fingerprint density at radius 1 is 1.04 bits per heavy atom. The van der Waals surface area contributed by atoms with Crippen LogP contribution in [0.15, 0.2) is 67.0 Å². The maximum Gasteiger partial charge on any atom is 0.257 e. The smallest absolute Gasteiger partial charge is 0.257 e. The number of anilines is 2. The first kappa shape index (κ1) is 18.0. The molecule has 1 aromatic heterocycles. The van der Waals surface area contributed by atoms with Crippen LogP contribution in [0.25, 0.3) is 0 Å². The van der Waals surface area contributed by atoms with E-state index in [1.165, 1.54) is 0 Å². The number of aryl methyl sites for hydroxylation is 1. The van der Waals surface area contributed by atoms with Crippen LogP contribution in [0.3, 0.4) is 0 Å². The Kier molecular flexibility index (Phi) is 5.54. The Morgan fingerprint density at radius 2 is 1.81 bits per heavy atom. The number of rotatable bonds is 5. The van der Waals surface area contributed by atoms with E-state index < -0.39 is 0 Å². The molecule has 0 aliphatic carbocycles. The molecule has 0 aliphatic rings. The van der Waals surface area contributed by atoms with Gasteiger partial charge >= 0.3 is 0 Å². The van der Waals surface area contributed by atoms with E-state index >= 15 is 0 Å². The van der Waals surface area contributed by atoms with Gasteiger partial charge in [0.2, 0.25) is 0 Å². The summed E-state index contributed by atoms with van der Waals surface area (Å²) in [5, 5.41) is 6.84. The summed E-state index contributed by atoms with van der Waals surface area (Å²) in [6, 6.07) is 17.4. The van der Waals surface area contributed by atoms with Gasteiger partial charge in [-0.05, 0) is 43.2 Å². The first-order chi connectivity index (χ1) is 12.5. The Bertz CT molecular complexity index is 912. The maximum atomic E-state index is 12.5. The average Bonchev–Trinajstić information content (AvgIpc) is 2.65. The molecule has 1 unspecified atom stereocenters. The van der Waals surface area contributed by atoms with Gasteiger partial charge in [0, 0.05) is 29.1 Å². The molecule has 0 saturated heterocycles. The van der Waals surface area contributed by atoms with E-state index in [1.807, 2.05) is 37.3 Å². The third-order valence-corrected chi connectivity index (χ3v) is 4.52. The molecule has 3 aromatic rings. The summed E-state index contributed by atoms with van der Waals surface area (Å²) in [5.74, 6) is -0.228. The van der Waals surface area contributed by atoms with E-state index in [2.05, 4.69) is 34.7 Å². The fraction of sp³-hybridized carbons (Fsp3) is 0.143. The van der Waals surface area contributed by atoms with Gasteiger partial charge in [0.05, 0.1) is 11.3 Å². The number of hydrogen-bond donors (Lipinski definition) is 2. The van der Waals surface area contributed by atoms with Gasteiger partial charge in [-0.3, -0.25) is 9.78 Å². The number of amides is 1. The maximum absolute atomic E-state index is 12.5. The lowest BCUT2D eigenvalue weighted by Crippen LogP contribution is -2.13. The average molecular weight is 366 g/mol. The predicted molar refractivity (Wildman–Crippen MR) is 107 cm³/mol. The minimum absolute atomic E-state index is 0.104. The van der Waals surface area contributed by atoms with Crippen LogP contribution in [-0.4, -0.2) is 10.9 Å². The molecule has 1 heterocycles. The van der Waals surface area contributed by atoms with Crippen LogP contribution >= 0.6 is 11.6 Å². The molecule has 0 bridgehead atoms. The second kappa shape index (κ2) is 8.02. The first-order valence-corrected chi connectivity index (χ1v) is 8.75. The third kappa shape index (κ3) is 4.41. The second-order valence-corrected chi connectivity index (χ2v) is 6.56. The van der Waals surface area contributed by atoms with Gasteiger partial charge < -0.3 is 10.6 Å². The minimum Gasteiger partial charge on any atom is -0.377 e. The molecule has 3 rings (SSSR count). The number of carbonyl (C=O) groups excluding carboxylic acids is 1. The number of nitrogens with one attached hydrogen (secondary N) is 2. The fourth-order valence-corrected chi connectivity index (χ4v) is 2.77. The van der Waals surface area contributed by atoms with Crippen molar-refractivity contribution in [2.24, 2.45) is 0 Å². The lowest BCUT2D eigenvalue weighted by Gasteiger charge is -2.16. The normalized spacial score (nSPS) is 11.7. The van der Waals surface area contributed by atoms with Crippen LogP contribution in [0.2, 0.25) is 5.02 Å². The van der Waals surface area contributed by atoms with Gasteiger partial charge in [0.1, 0.15) is 0 Å². The van der Waals surface area contributed by atoms with Crippen molar-refractivity contribution in [3.8, 4) is 0 Å². The number of nitrogens with zero attached hydrogens (tertiary/aromatic N) is 1. The molecule has 26 heavy (non-hydrogen) atoms. The molecule has 0 saturated carbocycles. The summed E-state index contributed by atoms with van der Waals surface area (Å²) in [7, 11) is 0. The predicted octanol–water partition coefficient (Wildman–Crippen LogP) is 5.47. The van der Waals surface area contributed by atoms with Crippen molar-refractivity contribution in [1.82, 2.24) is 4.98 Å². The van der Waals surface area contributed by atoms with Crippen molar-refractivity contribution < 1.29 is 4.79 Å². The van der Waals surface area contributed by atoms with Gasteiger partial charge in [-0.25, -0.2) is 0 Å². The monoisotopic (exact) mass is 365 g/mol. The van der Waals surface area contributed by atoms with E-state index in [1.54, 1.807) is 24.5 Å². The number of aromatic nitrogens is 1. The first-order valence-electron chi connectivity index (χ1n) is 8.37. The van der Waals surface area contributed by atoms with Crippen molar-refractivity contribution >= 4 is 28.9 Å². The summed E-state index contributed by atoms with van der Waals surface area (Å²) in [4.78, 5) is 16.7. The number of carbonyl (C=O) groups is 1. The lowest BCUT2D eigenvalue weighted by molar-refractivity contribution is 0.102. The zero-order valence-electron chi connectivity index (χ0n) is 14.7. The third-order valence-electron chi connectivity index (χ3n) is 4.11. The van der Waals surface area contributed by atoms with Crippen molar-refractivity contribution in [3.63, 3.8) is 0 Å². The highest BCUT2D eigenvalue weighted by atomic mass is 35.5. The number of hydrogen-bond acceptors (Lipinski definition) is 3. The number of benzene rings is 2. The Hall–Kier alpha value is -2.85. The van der Waals surface area contributed by atoms with Gasteiger partial charge in [0.15, 0.2) is 0 Å². The SMILES string of the molecule is Cc1ccc(NC(=O)c2cncc(NC(C)c3ccccc3)c2)cc1Cl. The van der Waals surface area contributed by atoms with E-state index in [4.69, 9.17) is 11.6 Å². The Morgan fingerprint density at radius 3 is 2.54 bits per heavy atom. The molecule has 2 N–H and O–H groups in total. The summed E-state index contributed by atoms with van der Waals surface area (Å²) in [5.41, 5.74) is 4.05. The molecular formula is C21H20ClN3O. The van der Waals surface area contributed by atoms with Crippen LogP contribution in [0.1, 0.15) is 34.5 Å². The Balaban J connectivity index is 1.72. The Labute approximate surface area is 158 Å². The van der Waals surface area contributed by atoms with Crippen LogP contribution in [-0.2, 0) is 0 Å². The quantitative estimate of drug-likeness (QED) is 0.630. The van der Waals surface area contributed by atoms with Crippen molar-refractivity contribution in [3.05, 3.63) is 88.7 Å². The molecule has 0 radical (unpaired) electrons. The van der Waals surface area contributed by atoms with Gasteiger partial charge in [-0.2, -0.15) is 0 Å². The molecule has 5 heteroatoms. The zero-order valence-corrected chi connectivity index (χ0v) is 15.4. The summed E-state index contributed by atoms with van der Waals surface area (Å²) < 4.78 is 0. The van der Waals surface area contributed by atoms with Crippen LogP contribution in [0.5, 0.6) is 0 Å². The van der Waals surface area contributed by atoms with E-state index in [0.717, 1.165) is 16.8 Å². The molecule has 132 valence electrons. The van der Waals surface area contributed by atoms with Gasteiger partial charge in [-0.15, -0.1) is 0 Å². The van der Waals surface area contributed by atoms with Gasteiger partial charge in [-0.1, -0.05) is 48.0 Å². The number of pyridine rings is 1. The van der Waals surface area contributed by atoms with Crippen molar-refractivity contribution in [1.29, 1.82) is 0 Å². The largest absolute Gasteiger partial charge is 0.377 e. The van der Waals surface area contributed by atoms with Crippen LogP contribution in [0.4, 0.5) is 11.4 Å². The topological polar surface area (TPSA) is 54.0 Å². The van der Waals surface area contributed by atoms with Crippen LogP contribution < -0.4 is 10.6 Å². The van der Waals surface area contributed by atoms with Crippen LogP contribution in [0, 0.1) is 6.92 Å². The molecule has 0 spiro atoms. The molecular weight excluding hydrogens is 346 g/mol. The van der Waals surface area contributed by atoms with Crippen molar-refractivity contribution in [2.45, 2.75) is 19.9 Å². The second-order valence-electron chi connectivity index (χ2n) is 6.16. The number of halogens is 1. The van der Waals surface area contributed by atoms with Crippen molar-refractivity contribution in [2.75, 3.05) is 10.6 Å². The molecule has 1 atom stereocenters. The molecule has 0 aliphatic heterocycles. The van der Waals surface area contributed by atoms with Gasteiger partial charge in [0.25, 0.3) is 5.91 Å². The summed E-state index contributed by atoms with van der Waals surface area (Å²) in [6.45, 7) is 3.98. The summed E-state index contributed by atoms with van der Waals surface area (Å²) in [6.07, 6.45) is 3.25. The lowest BCUT2D eigenvalue weighted by atomic mass is 10.1. The molecule has 4 nitrogen and oxygen atoms in total. The standard InChI is InChI=1S/C21H20ClN3O/c1-14-8-9-18(11-20(14)22)25-21(26)17-10-19(13-23-12-17)24-15(2)16-6-4-3-5-7-16/h3-13,15,24H,1-2H3,(H,25,26). The zero-order chi connectivity index (χ0) is 18.5. The van der Waals surface area contributed by atoms with E-state index in [9.17, 15) is 4.79 Å². The fourth-order valence-electron chi connectivity index (χ4n) is 2.59. The molecule has 2 aromatic carbocycles. The highest BCUT2D eigenvalue weighted by Gasteiger charge is 2.10. The highest BCUT2D eigenvalue weighted by Crippen LogP contribution is 2.22. The molecule has 0 fully saturated rings. The van der Waals surface area contributed by atoms with E-state index in [0.29, 0.717) is 16.3 Å². The van der Waals surface area contributed by atoms with E-state index in [-0.39, 0.29) is 11.9 Å². The minimum atomic E-state index is -0.228. The summed E-state index contributed by atoms with van der Waals surface area (Å²) >= 11 is 6.11.